The highest BCUT2D eigenvalue weighted by Crippen LogP contribution is 2.35. The zero-order valence-electron chi connectivity index (χ0n) is 17.8. The molecule has 8 heteroatoms. The maximum absolute atomic E-state index is 13.9. The largest absolute Gasteiger partial charge is 0.494 e. The summed E-state index contributed by atoms with van der Waals surface area (Å²) in [6.07, 6.45) is 1.08. The summed E-state index contributed by atoms with van der Waals surface area (Å²) in [6, 6.07) is 8.97. The summed E-state index contributed by atoms with van der Waals surface area (Å²) in [5, 5.41) is 6.47. The van der Waals surface area contributed by atoms with Crippen molar-refractivity contribution >= 4 is 29.9 Å². The Balaban J connectivity index is 0.00000320. The van der Waals surface area contributed by atoms with Crippen LogP contribution in [0.2, 0.25) is 0 Å². The number of aliphatic imine (C=N–C) groups is 1. The number of hydrogen-bond acceptors (Lipinski definition) is 4. The molecule has 0 radical (unpaired) electrons. The SMILES string of the molecule is CCOc1cc2c(cc1CNC(=NC)NCc1ccc(OC)c(F)c1)OC(C)C2.I. The Bertz CT molecular complexity index is 892. The first kappa shape index (κ1) is 24.0. The van der Waals surface area contributed by atoms with E-state index in [9.17, 15) is 4.39 Å². The van der Waals surface area contributed by atoms with Gasteiger partial charge in [0.15, 0.2) is 17.5 Å². The molecule has 0 amide bonds. The number of benzene rings is 2. The van der Waals surface area contributed by atoms with Gasteiger partial charge in [-0.15, -0.1) is 24.0 Å². The molecule has 2 aromatic rings. The molecule has 0 aromatic heterocycles. The topological polar surface area (TPSA) is 64.1 Å². The maximum Gasteiger partial charge on any atom is 0.191 e. The summed E-state index contributed by atoms with van der Waals surface area (Å²) in [5.74, 6) is 2.22. The molecule has 6 nitrogen and oxygen atoms in total. The van der Waals surface area contributed by atoms with E-state index in [-0.39, 0.29) is 41.6 Å². The summed E-state index contributed by atoms with van der Waals surface area (Å²) in [5.41, 5.74) is 2.97. The molecule has 0 saturated heterocycles. The normalized spacial score (nSPS) is 15.0. The Labute approximate surface area is 194 Å². The Kier molecular flexibility index (Phi) is 9.01. The molecule has 1 aliphatic heterocycles. The van der Waals surface area contributed by atoms with Gasteiger partial charge in [-0.25, -0.2) is 4.39 Å². The fourth-order valence-corrected chi connectivity index (χ4v) is 3.31. The molecule has 0 fully saturated rings. The van der Waals surface area contributed by atoms with Gasteiger partial charge in [0.1, 0.15) is 17.6 Å². The molecule has 2 N–H and O–H groups in total. The fraction of sp³-hybridized carbons (Fsp3) is 0.409. The lowest BCUT2D eigenvalue weighted by atomic mass is 10.1. The fourth-order valence-electron chi connectivity index (χ4n) is 3.31. The lowest BCUT2D eigenvalue weighted by molar-refractivity contribution is 0.254. The smallest absolute Gasteiger partial charge is 0.191 e. The lowest BCUT2D eigenvalue weighted by Crippen LogP contribution is -2.36. The molecule has 1 atom stereocenters. The Hall–Kier alpha value is -2.23. The highest BCUT2D eigenvalue weighted by atomic mass is 127. The van der Waals surface area contributed by atoms with Crippen LogP contribution >= 0.6 is 24.0 Å². The summed E-state index contributed by atoms with van der Waals surface area (Å²) >= 11 is 0. The van der Waals surface area contributed by atoms with Crippen LogP contribution in [0.4, 0.5) is 4.39 Å². The van der Waals surface area contributed by atoms with Crippen LogP contribution in [0.15, 0.2) is 35.3 Å². The molecule has 0 aliphatic carbocycles. The standard InChI is InChI=1S/C22H28FN3O3.HI/c1-5-28-20-10-16-8-14(2)29-21(16)11-17(20)13-26-22(24-3)25-12-15-6-7-19(27-4)18(23)9-15;/h6-7,9-11,14H,5,8,12-13H2,1-4H3,(H2,24,25,26);1H. The Morgan fingerprint density at radius 3 is 2.63 bits per heavy atom. The third kappa shape index (κ3) is 5.90. The van der Waals surface area contributed by atoms with E-state index in [0.29, 0.717) is 25.7 Å². The van der Waals surface area contributed by atoms with Gasteiger partial charge in [0.25, 0.3) is 0 Å². The van der Waals surface area contributed by atoms with Gasteiger partial charge in [-0.05, 0) is 43.7 Å². The molecule has 0 spiro atoms. The van der Waals surface area contributed by atoms with Crippen molar-refractivity contribution in [2.45, 2.75) is 39.5 Å². The van der Waals surface area contributed by atoms with Crippen molar-refractivity contribution in [1.82, 2.24) is 10.6 Å². The Morgan fingerprint density at radius 1 is 1.20 bits per heavy atom. The molecule has 164 valence electrons. The number of nitrogens with one attached hydrogen (secondary N) is 2. The molecule has 1 heterocycles. The van der Waals surface area contributed by atoms with Gasteiger partial charge in [-0.2, -0.15) is 0 Å². The minimum atomic E-state index is -0.386. The zero-order chi connectivity index (χ0) is 20.8. The van der Waals surface area contributed by atoms with Crippen molar-refractivity contribution in [2.24, 2.45) is 4.99 Å². The van der Waals surface area contributed by atoms with Crippen molar-refractivity contribution < 1.29 is 18.6 Å². The van der Waals surface area contributed by atoms with Crippen LogP contribution < -0.4 is 24.8 Å². The molecule has 1 aliphatic rings. The number of methoxy groups -OCH3 is 1. The second kappa shape index (κ2) is 11.2. The first-order chi connectivity index (χ1) is 14.0. The van der Waals surface area contributed by atoms with Crippen molar-refractivity contribution in [2.75, 3.05) is 20.8 Å². The number of hydrogen-bond donors (Lipinski definition) is 2. The van der Waals surface area contributed by atoms with Crippen molar-refractivity contribution in [3.8, 4) is 17.2 Å². The molecular weight excluding hydrogens is 500 g/mol. The van der Waals surface area contributed by atoms with E-state index in [1.54, 1.807) is 13.1 Å². The number of guanidine groups is 1. The van der Waals surface area contributed by atoms with Gasteiger partial charge in [0, 0.05) is 37.7 Å². The number of fused-ring (bicyclic) bond motifs is 1. The molecule has 1 unspecified atom stereocenters. The molecule has 0 bridgehead atoms. The molecular formula is C22H29FIN3O3. The van der Waals surface area contributed by atoms with Crippen molar-refractivity contribution in [1.29, 1.82) is 0 Å². The van der Waals surface area contributed by atoms with Crippen molar-refractivity contribution in [3.05, 3.63) is 52.8 Å². The van der Waals surface area contributed by atoms with E-state index in [2.05, 4.69) is 28.6 Å². The first-order valence-electron chi connectivity index (χ1n) is 9.76. The second-order valence-electron chi connectivity index (χ2n) is 6.88. The van der Waals surface area contributed by atoms with Crippen LogP contribution in [-0.4, -0.2) is 32.8 Å². The first-order valence-corrected chi connectivity index (χ1v) is 9.76. The average molecular weight is 529 g/mol. The van der Waals surface area contributed by atoms with E-state index in [0.717, 1.165) is 29.0 Å². The van der Waals surface area contributed by atoms with Gasteiger partial charge in [0.2, 0.25) is 0 Å². The quantitative estimate of drug-likeness (QED) is 0.322. The summed E-state index contributed by atoms with van der Waals surface area (Å²) in [7, 11) is 3.14. The van der Waals surface area contributed by atoms with E-state index >= 15 is 0 Å². The number of halogens is 2. The van der Waals surface area contributed by atoms with Gasteiger partial charge >= 0.3 is 0 Å². The number of rotatable bonds is 7. The highest BCUT2D eigenvalue weighted by Gasteiger charge is 2.22. The van der Waals surface area contributed by atoms with Crippen LogP contribution in [0.5, 0.6) is 17.2 Å². The minimum Gasteiger partial charge on any atom is -0.494 e. The monoisotopic (exact) mass is 529 g/mol. The molecule has 0 saturated carbocycles. The van der Waals surface area contributed by atoms with Gasteiger partial charge in [-0.1, -0.05) is 6.07 Å². The highest BCUT2D eigenvalue weighted by molar-refractivity contribution is 14.0. The van der Waals surface area contributed by atoms with E-state index in [1.807, 2.05) is 19.1 Å². The predicted molar refractivity (Wildman–Crippen MR) is 127 cm³/mol. The summed E-state index contributed by atoms with van der Waals surface area (Å²) in [4.78, 5) is 4.24. The number of nitrogens with zero attached hydrogens (tertiary/aromatic N) is 1. The van der Waals surface area contributed by atoms with Crippen LogP contribution in [0.25, 0.3) is 0 Å². The Morgan fingerprint density at radius 2 is 1.97 bits per heavy atom. The van der Waals surface area contributed by atoms with Crippen molar-refractivity contribution in [3.63, 3.8) is 0 Å². The van der Waals surface area contributed by atoms with E-state index in [4.69, 9.17) is 14.2 Å². The van der Waals surface area contributed by atoms with Crippen LogP contribution in [0, 0.1) is 5.82 Å². The number of ether oxygens (including phenoxy) is 3. The molecule has 3 rings (SSSR count). The predicted octanol–water partition coefficient (Wildman–Crippen LogP) is 4.04. The third-order valence-corrected chi connectivity index (χ3v) is 4.73. The third-order valence-electron chi connectivity index (χ3n) is 4.73. The summed E-state index contributed by atoms with van der Waals surface area (Å²) in [6.45, 7) is 5.59. The van der Waals surface area contributed by atoms with Crippen LogP contribution in [0.3, 0.4) is 0 Å². The van der Waals surface area contributed by atoms with E-state index < -0.39 is 0 Å². The molecule has 2 aromatic carbocycles. The van der Waals surface area contributed by atoms with Gasteiger partial charge in [-0.3, -0.25) is 4.99 Å². The second-order valence-corrected chi connectivity index (χ2v) is 6.88. The zero-order valence-corrected chi connectivity index (χ0v) is 20.1. The van der Waals surface area contributed by atoms with Gasteiger partial charge < -0.3 is 24.8 Å². The maximum atomic E-state index is 13.9. The average Bonchev–Trinajstić information content (AvgIpc) is 3.07. The van der Waals surface area contributed by atoms with Crippen LogP contribution in [-0.2, 0) is 19.5 Å². The minimum absolute atomic E-state index is 0. The van der Waals surface area contributed by atoms with Crippen LogP contribution in [0.1, 0.15) is 30.5 Å². The van der Waals surface area contributed by atoms with Gasteiger partial charge in [0.05, 0.1) is 13.7 Å². The lowest BCUT2D eigenvalue weighted by Gasteiger charge is -2.16. The summed E-state index contributed by atoms with van der Waals surface area (Å²) < 4.78 is 30.5. The molecule has 30 heavy (non-hydrogen) atoms. The van der Waals surface area contributed by atoms with E-state index in [1.165, 1.54) is 18.7 Å².